The van der Waals surface area contributed by atoms with Crippen LogP contribution in [0.1, 0.15) is 23.6 Å². The molecule has 2 aromatic carbocycles. The van der Waals surface area contributed by atoms with E-state index >= 15 is 0 Å². The van der Waals surface area contributed by atoms with E-state index in [1.165, 1.54) is 13.2 Å². The number of nitriles is 2. The molecule has 0 atom stereocenters. The Morgan fingerprint density at radius 3 is 2.64 bits per heavy atom. The van der Waals surface area contributed by atoms with E-state index in [1.807, 2.05) is 18.2 Å². The van der Waals surface area contributed by atoms with Crippen molar-refractivity contribution in [2.75, 3.05) is 13.7 Å². The van der Waals surface area contributed by atoms with Crippen LogP contribution in [0.25, 0.3) is 6.08 Å². The molecule has 0 N–H and O–H groups in total. The SMILES string of the molecule is CCOC(=O)/C(C#N)=C/c1cc(I)c(OCc2ccccc2C#N)c(OC)c1. The Bertz CT molecular complexity index is 987. The second kappa shape index (κ2) is 10.3. The number of hydrogen-bond acceptors (Lipinski definition) is 6. The van der Waals surface area contributed by atoms with Gasteiger partial charge in [-0.05, 0) is 59.4 Å². The molecule has 0 heterocycles. The van der Waals surface area contributed by atoms with E-state index in [0.29, 0.717) is 22.6 Å². The van der Waals surface area contributed by atoms with Gasteiger partial charge in [0.15, 0.2) is 11.5 Å². The lowest BCUT2D eigenvalue weighted by Gasteiger charge is -2.14. The lowest BCUT2D eigenvalue weighted by Crippen LogP contribution is -2.06. The Labute approximate surface area is 177 Å². The molecule has 7 heteroatoms. The van der Waals surface area contributed by atoms with E-state index in [0.717, 1.165) is 9.13 Å². The van der Waals surface area contributed by atoms with E-state index in [-0.39, 0.29) is 18.8 Å². The van der Waals surface area contributed by atoms with E-state index in [9.17, 15) is 15.3 Å². The Hall–Kier alpha value is -3.04. The molecule has 0 spiro atoms. The van der Waals surface area contributed by atoms with Gasteiger partial charge < -0.3 is 14.2 Å². The van der Waals surface area contributed by atoms with Crippen LogP contribution in [0.5, 0.6) is 11.5 Å². The fourth-order valence-electron chi connectivity index (χ4n) is 2.38. The first kappa shape index (κ1) is 21.3. The molecule has 6 nitrogen and oxygen atoms in total. The second-order valence-corrected chi connectivity index (χ2v) is 6.64. The summed E-state index contributed by atoms with van der Waals surface area (Å²) in [7, 11) is 1.51. The fourth-order valence-corrected chi connectivity index (χ4v) is 3.16. The van der Waals surface area contributed by atoms with Gasteiger partial charge in [0.2, 0.25) is 0 Å². The highest BCUT2D eigenvalue weighted by Crippen LogP contribution is 2.35. The van der Waals surface area contributed by atoms with Crippen LogP contribution in [-0.4, -0.2) is 19.7 Å². The zero-order valence-electron chi connectivity index (χ0n) is 15.4. The number of halogens is 1. The Morgan fingerprint density at radius 1 is 1.25 bits per heavy atom. The summed E-state index contributed by atoms with van der Waals surface area (Å²) in [5, 5.41) is 18.4. The van der Waals surface area contributed by atoms with Crippen LogP contribution in [0.2, 0.25) is 0 Å². The molecule has 0 amide bonds. The van der Waals surface area contributed by atoms with Gasteiger partial charge in [0.25, 0.3) is 0 Å². The van der Waals surface area contributed by atoms with Gasteiger partial charge in [0.1, 0.15) is 18.2 Å². The molecule has 2 rings (SSSR count). The molecule has 0 aliphatic rings. The Morgan fingerprint density at radius 2 is 2.00 bits per heavy atom. The fraction of sp³-hybridized carbons (Fsp3) is 0.190. The molecule has 0 fully saturated rings. The number of ether oxygens (including phenoxy) is 3. The zero-order chi connectivity index (χ0) is 20.5. The molecular formula is C21H17IN2O4. The van der Waals surface area contributed by atoms with Crippen molar-refractivity contribution in [1.82, 2.24) is 0 Å². The van der Waals surface area contributed by atoms with Crippen molar-refractivity contribution >= 4 is 34.6 Å². The molecule has 2 aromatic rings. The first-order valence-electron chi connectivity index (χ1n) is 8.31. The topological polar surface area (TPSA) is 92.3 Å². The maximum Gasteiger partial charge on any atom is 0.348 e. The third kappa shape index (κ3) is 5.24. The minimum absolute atomic E-state index is 0.101. The number of benzene rings is 2. The third-order valence-corrected chi connectivity index (χ3v) is 4.49. The lowest BCUT2D eigenvalue weighted by atomic mass is 10.1. The van der Waals surface area contributed by atoms with Crippen LogP contribution in [0, 0.1) is 26.2 Å². The minimum atomic E-state index is -0.674. The molecule has 0 aliphatic heterocycles. The number of carbonyl (C=O) groups excluding carboxylic acids is 1. The molecule has 0 saturated carbocycles. The summed E-state index contributed by atoms with van der Waals surface area (Å²) in [6, 6.07) is 14.6. The van der Waals surface area contributed by atoms with Crippen molar-refractivity contribution in [3.05, 3.63) is 62.2 Å². The highest BCUT2D eigenvalue weighted by atomic mass is 127. The number of esters is 1. The standard InChI is InChI=1S/C21H17IN2O4/c1-3-27-21(25)17(12-24)8-14-9-18(22)20(19(10-14)26-2)28-13-16-7-5-4-6-15(16)11-23/h4-10H,3,13H2,1-2H3/b17-8+. The quantitative estimate of drug-likeness (QED) is 0.251. The highest BCUT2D eigenvalue weighted by molar-refractivity contribution is 14.1. The van der Waals surface area contributed by atoms with Crippen LogP contribution < -0.4 is 9.47 Å². The predicted molar refractivity (Wildman–Crippen MR) is 111 cm³/mol. The van der Waals surface area contributed by atoms with Crippen molar-refractivity contribution in [2.24, 2.45) is 0 Å². The van der Waals surface area contributed by atoms with Crippen molar-refractivity contribution in [1.29, 1.82) is 10.5 Å². The van der Waals surface area contributed by atoms with Crippen molar-refractivity contribution < 1.29 is 19.0 Å². The number of rotatable bonds is 7. The average molecular weight is 488 g/mol. The number of nitrogens with zero attached hydrogens (tertiary/aromatic N) is 2. The summed E-state index contributed by atoms with van der Waals surface area (Å²) in [5.41, 5.74) is 1.82. The summed E-state index contributed by atoms with van der Waals surface area (Å²) >= 11 is 2.09. The molecule has 0 bridgehead atoms. The Kier molecular flexibility index (Phi) is 7.85. The third-order valence-electron chi connectivity index (χ3n) is 3.69. The summed E-state index contributed by atoms with van der Waals surface area (Å²) in [6.45, 7) is 2.07. The summed E-state index contributed by atoms with van der Waals surface area (Å²) < 4.78 is 16.9. The van der Waals surface area contributed by atoms with E-state index in [2.05, 4.69) is 28.7 Å². The molecule has 0 aromatic heterocycles. The summed E-state index contributed by atoms with van der Waals surface area (Å²) in [4.78, 5) is 11.8. The second-order valence-electron chi connectivity index (χ2n) is 5.48. The number of hydrogen-bond donors (Lipinski definition) is 0. The van der Waals surface area contributed by atoms with E-state index in [4.69, 9.17) is 14.2 Å². The molecule has 0 aliphatic carbocycles. The Balaban J connectivity index is 2.32. The molecule has 142 valence electrons. The van der Waals surface area contributed by atoms with Gasteiger partial charge in [-0.3, -0.25) is 0 Å². The van der Waals surface area contributed by atoms with Crippen LogP contribution in [0.3, 0.4) is 0 Å². The van der Waals surface area contributed by atoms with Gasteiger partial charge in [-0.2, -0.15) is 10.5 Å². The number of methoxy groups -OCH3 is 1. The molecule has 28 heavy (non-hydrogen) atoms. The van der Waals surface area contributed by atoms with Crippen molar-refractivity contribution in [2.45, 2.75) is 13.5 Å². The molecule has 0 unspecified atom stereocenters. The maximum atomic E-state index is 11.8. The smallest absolute Gasteiger partial charge is 0.348 e. The van der Waals surface area contributed by atoms with Gasteiger partial charge in [-0.1, -0.05) is 18.2 Å². The maximum absolute atomic E-state index is 11.8. The predicted octanol–water partition coefficient (Wildman–Crippen LogP) is 4.22. The van der Waals surface area contributed by atoms with Crippen LogP contribution in [0.15, 0.2) is 42.0 Å². The van der Waals surface area contributed by atoms with Crippen molar-refractivity contribution in [3.8, 4) is 23.6 Å². The molecule has 0 radical (unpaired) electrons. The van der Waals surface area contributed by atoms with Gasteiger partial charge in [0, 0.05) is 5.56 Å². The van der Waals surface area contributed by atoms with Gasteiger partial charge in [0.05, 0.1) is 28.9 Å². The van der Waals surface area contributed by atoms with Gasteiger partial charge in [-0.15, -0.1) is 0 Å². The molecule has 0 saturated heterocycles. The first-order chi connectivity index (χ1) is 13.5. The van der Waals surface area contributed by atoms with Gasteiger partial charge in [-0.25, -0.2) is 4.79 Å². The lowest BCUT2D eigenvalue weighted by molar-refractivity contribution is -0.137. The first-order valence-corrected chi connectivity index (χ1v) is 9.39. The normalized spacial score (nSPS) is 10.5. The highest BCUT2D eigenvalue weighted by Gasteiger charge is 2.15. The zero-order valence-corrected chi connectivity index (χ0v) is 17.5. The van der Waals surface area contributed by atoms with Crippen molar-refractivity contribution in [3.63, 3.8) is 0 Å². The average Bonchev–Trinajstić information content (AvgIpc) is 2.71. The van der Waals surface area contributed by atoms with Crippen LogP contribution in [0.4, 0.5) is 0 Å². The monoisotopic (exact) mass is 488 g/mol. The van der Waals surface area contributed by atoms with E-state index in [1.54, 1.807) is 31.2 Å². The van der Waals surface area contributed by atoms with E-state index < -0.39 is 5.97 Å². The summed E-state index contributed by atoms with van der Waals surface area (Å²) in [5.74, 6) is 0.295. The largest absolute Gasteiger partial charge is 0.493 e. The minimum Gasteiger partial charge on any atom is -0.493 e. The van der Waals surface area contributed by atoms with Crippen LogP contribution in [-0.2, 0) is 16.1 Å². The number of carbonyl (C=O) groups is 1. The summed E-state index contributed by atoms with van der Waals surface area (Å²) in [6.07, 6.45) is 1.44. The van der Waals surface area contributed by atoms with Crippen LogP contribution >= 0.6 is 22.6 Å². The molecular weight excluding hydrogens is 471 g/mol. The van der Waals surface area contributed by atoms with Gasteiger partial charge >= 0.3 is 5.97 Å².